The van der Waals surface area contributed by atoms with Gasteiger partial charge in [0.05, 0.1) is 11.5 Å². The van der Waals surface area contributed by atoms with Crippen LogP contribution in [0.1, 0.15) is 30.0 Å². The molecule has 3 nitrogen and oxygen atoms in total. The number of hydrogen-bond donors (Lipinski definition) is 0. The molecule has 0 N–H and O–H groups in total. The van der Waals surface area contributed by atoms with E-state index < -0.39 is 0 Å². The molecule has 2 aliphatic rings. The number of carbonyl (C=O) groups excluding carboxylic acids is 1. The van der Waals surface area contributed by atoms with Crippen molar-refractivity contribution >= 4 is 5.78 Å². The zero-order valence-corrected chi connectivity index (χ0v) is 14.9. The Labute approximate surface area is 150 Å². The lowest BCUT2D eigenvalue weighted by atomic mass is 9.78. The van der Waals surface area contributed by atoms with Crippen LogP contribution in [-0.4, -0.2) is 48.8 Å². The summed E-state index contributed by atoms with van der Waals surface area (Å²) in [5.41, 5.74) is 2.44. The number of Topliss-reactive ketones (excluding diaryl/α,β-unsaturated/α-hetero) is 1. The maximum atomic E-state index is 12.8. The average molecular weight is 334 g/mol. The second-order valence-corrected chi connectivity index (χ2v) is 7.64. The van der Waals surface area contributed by atoms with Gasteiger partial charge >= 0.3 is 0 Å². The Morgan fingerprint density at radius 1 is 0.880 bits per heavy atom. The van der Waals surface area contributed by atoms with Gasteiger partial charge in [0, 0.05) is 32.6 Å². The van der Waals surface area contributed by atoms with Gasteiger partial charge in [0.15, 0.2) is 0 Å². The minimum absolute atomic E-state index is 0.172. The van der Waals surface area contributed by atoms with Gasteiger partial charge in [0.1, 0.15) is 5.78 Å². The van der Waals surface area contributed by atoms with Gasteiger partial charge in [0.2, 0.25) is 0 Å². The molecule has 0 radical (unpaired) electrons. The van der Waals surface area contributed by atoms with Crippen molar-refractivity contribution < 1.29 is 4.79 Å². The van der Waals surface area contributed by atoms with Crippen molar-refractivity contribution in [3.8, 4) is 0 Å². The SMILES string of the molecule is CN1CCC(=O)C2(CCN(C(c3ccccc3)c3ccccc3)C2)C1. The topological polar surface area (TPSA) is 23.6 Å². The van der Waals surface area contributed by atoms with Gasteiger partial charge < -0.3 is 4.90 Å². The van der Waals surface area contributed by atoms with Crippen molar-refractivity contribution in [1.82, 2.24) is 9.80 Å². The Balaban J connectivity index is 1.66. The monoisotopic (exact) mass is 334 g/mol. The lowest BCUT2D eigenvalue weighted by Crippen LogP contribution is -2.49. The van der Waals surface area contributed by atoms with Crippen LogP contribution < -0.4 is 0 Å². The molecule has 3 heteroatoms. The van der Waals surface area contributed by atoms with Crippen LogP contribution >= 0.6 is 0 Å². The first-order chi connectivity index (χ1) is 12.2. The Morgan fingerprint density at radius 2 is 1.48 bits per heavy atom. The van der Waals surface area contributed by atoms with E-state index in [1.165, 1.54) is 11.1 Å². The number of benzene rings is 2. The molecule has 1 unspecified atom stereocenters. The van der Waals surface area contributed by atoms with E-state index in [4.69, 9.17) is 0 Å². The highest BCUT2D eigenvalue weighted by molar-refractivity contribution is 5.86. The molecule has 2 aliphatic heterocycles. The van der Waals surface area contributed by atoms with Crippen LogP contribution in [0, 0.1) is 5.41 Å². The Kier molecular flexibility index (Phi) is 4.45. The van der Waals surface area contributed by atoms with Crippen molar-refractivity contribution in [3.63, 3.8) is 0 Å². The van der Waals surface area contributed by atoms with E-state index in [2.05, 4.69) is 77.5 Å². The molecule has 2 saturated heterocycles. The molecule has 2 heterocycles. The molecule has 2 aromatic carbocycles. The molecule has 0 aromatic heterocycles. The Bertz CT molecular complexity index is 691. The normalized spacial score (nSPS) is 25.1. The molecule has 130 valence electrons. The quantitative estimate of drug-likeness (QED) is 0.860. The molecule has 4 rings (SSSR count). The Morgan fingerprint density at radius 3 is 2.08 bits per heavy atom. The van der Waals surface area contributed by atoms with Gasteiger partial charge in [0.25, 0.3) is 0 Å². The summed E-state index contributed by atoms with van der Waals surface area (Å²) >= 11 is 0. The zero-order valence-electron chi connectivity index (χ0n) is 14.9. The number of piperidine rings is 1. The lowest BCUT2D eigenvalue weighted by molar-refractivity contribution is -0.132. The van der Waals surface area contributed by atoms with Crippen LogP contribution in [0.15, 0.2) is 60.7 Å². The van der Waals surface area contributed by atoms with Crippen molar-refractivity contribution in [2.24, 2.45) is 5.41 Å². The average Bonchev–Trinajstić information content (AvgIpc) is 3.05. The maximum Gasteiger partial charge on any atom is 0.142 e. The standard InChI is InChI=1S/C22H26N2O/c1-23-14-12-20(25)22(16-23)13-15-24(17-22)21(18-8-4-2-5-9-18)19-10-6-3-7-11-19/h2-11,21H,12-17H2,1H3. The van der Waals surface area contributed by atoms with Crippen molar-refractivity contribution in [2.75, 3.05) is 33.2 Å². The highest BCUT2D eigenvalue weighted by Crippen LogP contribution is 2.41. The van der Waals surface area contributed by atoms with Crippen molar-refractivity contribution in [1.29, 1.82) is 0 Å². The Hall–Kier alpha value is -1.97. The first kappa shape index (κ1) is 16.5. The van der Waals surface area contributed by atoms with E-state index in [0.717, 1.165) is 32.6 Å². The highest BCUT2D eigenvalue weighted by Gasteiger charge is 2.48. The summed E-state index contributed by atoms with van der Waals surface area (Å²) in [6, 6.07) is 21.6. The third-order valence-corrected chi connectivity index (χ3v) is 5.86. The number of hydrogen-bond acceptors (Lipinski definition) is 3. The first-order valence-corrected chi connectivity index (χ1v) is 9.24. The molecule has 1 spiro atoms. The largest absolute Gasteiger partial charge is 0.305 e. The fourth-order valence-corrected chi connectivity index (χ4v) is 4.61. The van der Waals surface area contributed by atoms with E-state index in [1.54, 1.807) is 0 Å². The molecule has 1 atom stereocenters. The minimum Gasteiger partial charge on any atom is -0.305 e. The predicted octanol–water partition coefficient (Wildman–Crippen LogP) is 3.37. The second kappa shape index (κ2) is 6.74. The van der Waals surface area contributed by atoms with Crippen LogP contribution in [0.2, 0.25) is 0 Å². The number of likely N-dealkylation sites (tertiary alicyclic amines) is 2. The molecule has 0 saturated carbocycles. The fraction of sp³-hybridized carbons (Fsp3) is 0.409. The van der Waals surface area contributed by atoms with Crippen LogP contribution in [0.3, 0.4) is 0 Å². The predicted molar refractivity (Wildman–Crippen MR) is 100 cm³/mol. The lowest BCUT2D eigenvalue weighted by Gasteiger charge is -2.38. The van der Waals surface area contributed by atoms with Gasteiger partial charge in [-0.3, -0.25) is 9.69 Å². The van der Waals surface area contributed by atoms with Gasteiger partial charge in [-0.05, 0) is 24.6 Å². The minimum atomic E-state index is -0.172. The highest BCUT2D eigenvalue weighted by atomic mass is 16.1. The molecule has 2 fully saturated rings. The van der Waals surface area contributed by atoms with Gasteiger partial charge in [-0.2, -0.15) is 0 Å². The molecule has 0 aliphatic carbocycles. The van der Waals surface area contributed by atoms with Crippen LogP contribution in [-0.2, 0) is 4.79 Å². The molecule has 25 heavy (non-hydrogen) atoms. The van der Waals surface area contributed by atoms with Crippen LogP contribution in [0.4, 0.5) is 0 Å². The van der Waals surface area contributed by atoms with E-state index in [0.29, 0.717) is 12.2 Å². The molecule has 0 amide bonds. The van der Waals surface area contributed by atoms with Gasteiger partial charge in [-0.15, -0.1) is 0 Å². The summed E-state index contributed by atoms with van der Waals surface area (Å²) in [5.74, 6) is 0.466. The van der Waals surface area contributed by atoms with Crippen LogP contribution in [0.5, 0.6) is 0 Å². The molecular formula is C22H26N2O. The maximum absolute atomic E-state index is 12.8. The van der Waals surface area contributed by atoms with E-state index in [9.17, 15) is 4.79 Å². The summed E-state index contributed by atoms with van der Waals surface area (Å²) in [6.07, 6.45) is 1.68. The van der Waals surface area contributed by atoms with E-state index in [-0.39, 0.29) is 11.5 Å². The summed E-state index contributed by atoms with van der Waals surface area (Å²) < 4.78 is 0. The third-order valence-electron chi connectivity index (χ3n) is 5.86. The number of rotatable bonds is 3. The smallest absolute Gasteiger partial charge is 0.142 e. The second-order valence-electron chi connectivity index (χ2n) is 7.64. The van der Waals surface area contributed by atoms with Crippen molar-refractivity contribution in [2.45, 2.75) is 18.9 Å². The first-order valence-electron chi connectivity index (χ1n) is 9.24. The summed E-state index contributed by atoms with van der Waals surface area (Å²) in [7, 11) is 2.14. The van der Waals surface area contributed by atoms with Crippen LogP contribution in [0.25, 0.3) is 0 Å². The van der Waals surface area contributed by atoms with E-state index >= 15 is 0 Å². The third kappa shape index (κ3) is 3.14. The number of ketones is 1. The molecule has 0 bridgehead atoms. The fourth-order valence-electron chi connectivity index (χ4n) is 4.61. The number of carbonyl (C=O) groups is 1. The van der Waals surface area contributed by atoms with Gasteiger partial charge in [-0.1, -0.05) is 60.7 Å². The summed E-state index contributed by atoms with van der Waals surface area (Å²) in [5, 5.41) is 0. The van der Waals surface area contributed by atoms with E-state index in [1.807, 2.05) is 0 Å². The summed E-state index contributed by atoms with van der Waals surface area (Å²) in [6.45, 7) is 3.65. The zero-order chi connectivity index (χ0) is 17.3. The number of nitrogens with zero attached hydrogens (tertiary/aromatic N) is 2. The van der Waals surface area contributed by atoms with Gasteiger partial charge in [-0.25, -0.2) is 0 Å². The summed E-state index contributed by atoms with van der Waals surface area (Å²) in [4.78, 5) is 17.6. The molecule has 2 aromatic rings. The molecular weight excluding hydrogens is 308 g/mol. The van der Waals surface area contributed by atoms with Crippen molar-refractivity contribution in [3.05, 3.63) is 71.8 Å².